The van der Waals surface area contributed by atoms with Gasteiger partial charge in [-0.2, -0.15) is 0 Å². The Morgan fingerprint density at radius 2 is 1.88 bits per heavy atom. The highest BCUT2D eigenvalue weighted by molar-refractivity contribution is 7.13. The molecule has 2 aromatic rings. The number of nitrogens with zero attached hydrogens (tertiary/aromatic N) is 1. The van der Waals surface area contributed by atoms with E-state index in [-0.39, 0.29) is 0 Å². The predicted octanol–water partition coefficient (Wildman–Crippen LogP) is 4.32. The maximum Gasteiger partial charge on any atom is 0.0801 e. The summed E-state index contributed by atoms with van der Waals surface area (Å²) in [5, 5.41) is 0. The number of rotatable bonds is 3. The van der Waals surface area contributed by atoms with Gasteiger partial charge in [0.05, 0.1) is 16.1 Å². The van der Waals surface area contributed by atoms with Crippen LogP contribution in [0.5, 0.6) is 0 Å². The molecule has 0 atom stereocenters. The van der Waals surface area contributed by atoms with Gasteiger partial charge in [0.2, 0.25) is 0 Å². The van der Waals surface area contributed by atoms with Crippen LogP contribution >= 0.6 is 11.3 Å². The number of thiazole rings is 1. The van der Waals surface area contributed by atoms with Crippen LogP contribution in [0.1, 0.15) is 25.1 Å². The van der Waals surface area contributed by atoms with Gasteiger partial charge in [-0.15, -0.1) is 11.3 Å². The molecule has 0 bridgehead atoms. The zero-order valence-corrected chi connectivity index (χ0v) is 10.8. The largest absolute Gasteiger partial charge is 0.249 e. The van der Waals surface area contributed by atoms with E-state index in [1.54, 1.807) is 11.3 Å². The van der Waals surface area contributed by atoms with Crippen molar-refractivity contribution in [1.29, 1.82) is 0 Å². The molecule has 0 aliphatic heterocycles. The molecule has 0 saturated carbocycles. The summed E-state index contributed by atoms with van der Waals surface area (Å²) >= 11 is 1.71. The lowest BCUT2D eigenvalue weighted by molar-refractivity contribution is 0.647. The molecule has 0 fully saturated rings. The minimum atomic E-state index is 0.719. The van der Waals surface area contributed by atoms with Gasteiger partial charge in [0.25, 0.3) is 0 Å². The van der Waals surface area contributed by atoms with Crippen molar-refractivity contribution in [3.05, 3.63) is 41.0 Å². The standard InChI is InChI=1S/C14H17NS/c1-10(2)8-12-4-6-13(7-5-12)14-11(3)15-9-16-14/h4-7,9-10H,8H2,1-3H3. The lowest BCUT2D eigenvalue weighted by Crippen LogP contribution is -1.93. The SMILES string of the molecule is Cc1ncsc1-c1ccc(CC(C)C)cc1. The third-order valence-electron chi connectivity index (χ3n) is 2.61. The Labute approximate surface area is 101 Å². The molecule has 16 heavy (non-hydrogen) atoms. The Balaban J connectivity index is 2.23. The van der Waals surface area contributed by atoms with Crippen LogP contribution in [0.4, 0.5) is 0 Å². The molecule has 0 radical (unpaired) electrons. The lowest BCUT2D eigenvalue weighted by atomic mass is 10.0. The average molecular weight is 231 g/mol. The van der Waals surface area contributed by atoms with Crippen LogP contribution in [0.25, 0.3) is 10.4 Å². The first-order valence-electron chi connectivity index (χ1n) is 5.66. The molecule has 2 heteroatoms. The van der Waals surface area contributed by atoms with Crippen LogP contribution in [0.3, 0.4) is 0 Å². The van der Waals surface area contributed by atoms with Crippen molar-refractivity contribution < 1.29 is 0 Å². The van der Waals surface area contributed by atoms with Crippen LogP contribution in [0.2, 0.25) is 0 Å². The summed E-state index contributed by atoms with van der Waals surface area (Å²) in [6.45, 7) is 6.57. The highest BCUT2D eigenvalue weighted by atomic mass is 32.1. The molecule has 0 N–H and O–H groups in total. The average Bonchev–Trinajstić information content (AvgIpc) is 2.65. The molecular formula is C14H17NS. The summed E-state index contributed by atoms with van der Waals surface area (Å²) < 4.78 is 0. The molecular weight excluding hydrogens is 214 g/mol. The molecule has 1 heterocycles. The molecule has 84 valence electrons. The van der Waals surface area contributed by atoms with Gasteiger partial charge in [0.15, 0.2) is 0 Å². The number of hydrogen-bond donors (Lipinski definition) is 0. The Bertz CT molecular complexity index is 454. The van der Waals surface area contributed by atoms with E-state index in [0.717, 1.165) is 18.0 Å². The molecule has 0 spiro atoms. The Kier molecular flexibility index (Phi) is 3.39. The van der Waals surface area contributed by atoms with Crippen LogP contribution in [-0.2, 0) is 6.42 Å². The van der Waals surface area contributed by atoms with Crippen molar-refractivity contribution in [2.24, 2.45) is 5.92 Å². The number of hydrogen-bond acceptors (Lipinski definition) is 2. The second-order valence-corrected chi connectivity index (χ2v) is 5.42. The minimum Gasteiger partial charge on any atom is -0.249 e. The van der Waals surface area contributed by atoms with Crippen LogP contribution in [-0.4, -0.2) is 4.98 Å². The van der Waals surface area contributed by atoms with E-state index in [0.29, 0.717) is 0 Å². The highest BCUT2D eigenvalue weighted by Gasteiger charge is 2.04. The first kappa shape index (κ1) is 11.3. The summed E-state index contributed by atoms with van der Waals surface area (Å²) in [5.74, 6) is 0.719. The summed E-state index contributed by atoms with van der Waals surface area (Å²) in [4.78, 5) is 5.57. The summed E-state index contributed by atoms with van der Waals surface area (Å²) in [7, 11) is 0. The third-order valence-corrected chi connectivity index (χ3v) is 3.58. The quantitative estimate of drug-likeness (QED) is 0.766. The highest BCUT2D eigenvalue weighted by Crippen LogP contribution is 2.27. The van der Waals surface area contributed by atoms with Crippen LogP contribution < -0.4 is 0 Å². The summed E-state index contributed by atoms with van der Waals surface area (Å²) in [6, 6.07) is 8.87. The zero-order valence-electron chi connectivity index (χ0n) is 10.0. The monoisotopic (exact) mass is 231 g/mol. The fourth-order valence-electron chi connectivity index (χ4n) is 1.84. The molecule has 2 rings (SSSR count). The van der Waals surface area contributed by atoms with Crippen molar-refractivity contribution >= 4 is 11.3 Å². The molecule has 0 amide bonds. The van der Waals surface area contributed by atoms with Crippen LogP contribution in [0, 0.1) is 12.8 Å². The normalized spacial score (nSPS) is 11.0. The maximum absolute atomic E-state index is 4.28. The van der Waals surface area contributed by atoms with Crippen molar-refractivity contribution in [1.82, 2.24) is 4.98 Å². The minimum absolute atomic E-state index is 0.719. The second-order valence-electron chi connectivity index (χ2n) is 4.56. The molecule has 0 aliphatic rings. The van der Waals surface area contributed by atoms with Gasteiger partial charge in [0, 0.05) is 0 Å². The van der Waals surface area contributed by atoms with E-state index in [1.807, 2.05) is 5.51 Å². The smallest absolute Gasteiger partial charge is 0.0801 e. The first-order valence-corrected chi connectivity index (χ1v) is 6.54. The lowest BCUT2D eigenvalue weighted by Gasteiger charge is -2.05. The predicted molar refractivity (Wildman–Crippen MR) is 70.8 cm³/mol. The number of aryl methyl sites for hydroxylation is 1. The van der Waals surface area contributed by atoms with Crippen molar-refractivity contribution in [2.45, 2.75) is 27.2 Å². The van der Waals surface area contributed by atoms with E-state index in [4.69, 9.17) is 0 Å². The molecule has 0 aliphatic carbocycles. The van der Waals surface area contributed by atoms with Gasteiger partial charge >= 0.3 is 0 Å². The molecule has 0 unspecified atom stereocenters. The molecule has 1 aromatic heterocycles. The fraction of sp³-hybridized carbons (Fsp3) is 0.357. The topological polar surface area (TPSA) is 12.9 Å². The van der Waals surface area contributed by atoms with E-state index in [1.165, 1.54) is 16.0 Å². The second kappa shape index (κ2) is 4.79. The fourth-order valence-corrected chi connectivity index (χ4v) is 2.65. The van der Waals surface area contributed by atoms with Crippen molar-refractivity contribution in [3.63, 3.8) is 0 Å². The van der Waals surface area contributed by atoms with E-state index in [9.17, 15) is 0 Å². The van der Waals surface area contributed by atoms with Gasteiger partial charge in [-0.25, -0.2) is 4.98 Å². The van der Waals surface area contributed by atoms with E-state index in [2.05, 4.69) is 50.0 Å². The van der Waals surface area contributed by atoms with Gasteiger partial charge in [-0.1, -0.05) is 38.1 Å². The Hall–Kier alpha value is -1.15. The summed E-state index contributed by atoms with van der Waals surface area (Å²) in [5.41, 5.74) is 5.74. The van der Waals surface area contributed by atoms with Crippen molar-refractivity contribution in [2.75, 3.05) is 0 Å². The maximum atomic E-state index is 4.28. The summed E-state index contributed by atoms with van der Waals surface area (Å²) in [6.07, 6.45) is 1.15. The van der Waals surface area contributed by atoms with E-state index < -0.39 is 0 Å². The first-order chi connectivity index (χ1) is 7.66. The Morgan fingerprint density at radius 3 is 2.38 bits per heavy atom. The Morgan fingerprint density at radius 1 is 1.19 bits per heavy atom. The zero-order chi connectivity index (χ0) is 11.5. The number of benzene rings is 1. The number of aromatic nitrogens is 1. The van der Waals surface area contributed by atoms with Crippen LogP contribution in [0.15, 0.2) is 29.8 Å². The van der Waals surface area contributed by atoms with Gasteiger partial charge < -0.3 is 0 Å². The molecule has 1 aromatic carbocycles. The van der Waals surface area contributed by atoms with Crippen molar-refractivity contribution in [3.8, 4) is 10.4 Å². The molecule has 0 saturated heterocycles. The van der Waals surface area contributed by atoms with Gasteiger partial charge in [-0.05, 0) is 30.4 Å². The third kappa shape index (κ3) is 2.50. The molecule has 1 nitrogen and oxygen atoms in total. The van der Waals surface area contributed by atoms with E-state index >= 15 is 0 Å². The van der Waals surface area contributed by atoms with Gasteiger partial charge in [-0.3, -0.25) is 0 Å². The van der Waals surface area contributed by atoms with Gasteiger partial charge in [0.1, 0.15) is 0 Å².